The van der Waals surface area contributed by atoms with Gasteiger partial charge in [0.25, 0.3) is 0 Å². The highest BCUT2D eigenvalue weighted by Crippen LogP contribution is 2.49. The number of hydrogen-bond donors (Lipinski definition) is 1. The van der Waals surface area contributed by atoms with Crippen LogP contribution in [0.2, 0.25) is 0 Å². The lowest BCUT2D eigenvalue weighted by molar-refractivity contribution is -0.131. The molecule has 0 amide bonds. The smallest absolute Gasteiger partial charge is 0.328 e. The predicted molar refractivity (Wildman–Crippen MR) is 149 cm³/mol. The maximum atomic E-state index is 10.9. The molecule has 0 saturated heterocycles. The Morgan fingerprint density at radius 1 is 1.09 bits per heavy atom. The van der Waals surface area contributed by atoms with Crippen LogP contribution in [0.1, 0.15) is 60.2 Å². The van der Waals surface area contributed by atoms with Crippen LogP contribution in [0.3, 0.4) is 0 Å². The first-order valence-corrected chi connectivity index (χ1v) is 13.9. The van der Waals surface area contributed by atoms with Crippen LogP contribution in [0.15, 0.2) is 65.5 Å². The molecular weight excluding hydrogens is 470 g/mol. The van der Waals surface area contributed by atoms with Gasteiger partial charge in [0.15, 0.2) is 0 Å². The van der Waals surface area contributed by atoms with Crippen molar-refractivity contribution in [3.05, 3.63) is 92.6 Å². The maximum Gasteiger partial charge on any atom is 0.328 e. The van der Waals surface area contributed by atoms with Gasteiger partial charge >= 0.3 is 5.97 Å². The zero-order valence-electron chi connectivity index (χ0n) is 20.0. The lowest BCUT2D eigenvalue weighted by atomic mass is 9.86. The number of nitrogens with zero attached hydrogens (tertiary/aromatic N) is 1. The molecule has 178 valence electrons. The Kier molecular flexibility index (Phi) is 6.98. The molecule has 0 atom stereocenters. The van der Waals surface area contributed by atoms with Gasteiger partial charge in [-0.3, -0.25) is 0 Å². The van der Waals surface area contributed by atoms with Crippen LogP contribution >= 0.6 is 22.7 Å². The first kappa shape index (κ1) is 23.7. The number of thiophene rings is 1. The summed E-state index contributed by atoms with van der Waals surface area (Å²) in [5, 5.41) is 11.2. The number of carboxylic acids is 1. The molecule has 1 aliphatic carbocycles. The second-order valence-corrected chi connectivity index (χ2v) is 11.5. The average molecular weight is 500 g/mol. The summed E-state index contributed by atoms with van der Waals surface area (Å²) >= 11 is 3.55. The third kappa shape index (κ3) is 5.47. The topological polar surface area (TPSA) is 50.2 Å². The molecule has 2 aromatic heterocycles. The van der Waals surface area contributed by atoms with Crippen LogP contribution in [0.4, 0.5) is 0 Å². The van der Waals surface area contributed by atoms with Crippen molar-refractivity contribution in [2.24, 2.45) is 11.8 Å². The minimum absolute atomic E-state index is 0.565. The molecule has 2 aromatic carbocycles. The number of thiazole rings is 1. The largest absolute Gasteiger partial charge is 0.478 e. The van der Waals surface area contributed by atoms with Crippen LogP contribution in [-0.4, -0.2) is 16.1 Å². The zero-order chi connectivity index (χ0) is 24.4. The maximum absolute atomic E-state index is 10.9. The van der Waals surface area contributed by atoms with Gasteiger partial charge in [0.1, 0.15) is 0 Å². The molecule has 1 saturated carbocycles. The molecule has 3 nitrogen and oxygen atoms in total. The monoisotopic (exact) mass is 499 g/mol. The van der Waals surface area contributed by atoms with Gasteiger partial charge in [-0.15, -0.1) is 22.7 Å². The Hall–Kier alpha value is -3.02. The number of carbonyl (C=O) groups is 1. The van der Waals surface area contributed by atoms with Crippen molar-refractivity contribution in [2.75, 3.05) is 0 Å². The summed E-state index contributed by atoms with van der Waals surface area (Å²) in [6.45, 7) is 4.58. The second kappa shape index (κ2) is 10.3. The van der Waals surface area contributed by atoms with E-state index in [-0.39, 0.29) is 0 Å². The summed E-state index contributed by atoms with van der Waals surface area (Å²) < 4.78 is 1.20. The number of benzene rings is 2. The first-order valence-electron chi connectivity index (χ1n) is 12.2. The Morgan fingerprint density at radius 3 is 2.57 bits per heavy atom. The third-order valence-corrected chi connectivity index (χ3v) is 8.27. The predicted octanol–water partition coefficient (Wildman–Crippen LogP) is 8.41. The van der Waals surface area contributed by atoms with Gasteiger partial charge < -0.3 is 5.11 Å². The second-order valence-electron chi connectivity index (χ2n) is 9.58. The Morgan fingerprint density at radius 2 is 1.86 bits per heavy atom. The van der Waals surface area contributed by atoms with Gasteiger partial charge in [-0.05, 0) is 101 Å². The summed E-state index contributed by atoms with van der Waals surface area (Å²) in [7, 11) is 0. The Bertz CT molecular complexity index is 1400. The van der Waals surface area contributed by atoms with E-state index in [0.29, 0.717) is 11.8 Å². The lowest BCUT2D eigenvalue weighted by Crippen LogP contribution is -2.00. The molecular formula is C30H29NO2S2. The van der Waals surface area contributed by atoms with E-state index in [9.17, 15) is 4.79 Å². The number of aliphatic carboxylic acids is 1. The molecule has 0 unspecified atom stereocenters. The number of carboxylic acid groups (broad SMARTS) is 1. The van der Waals surface area contributed by atoms with Crippen LogP contribution in [0, 0.1) is 11.8 Å². The van der Waals surface area contributed by atoms with Crippen LogP contribution in [-0.2, 0) is 11.2 Å². The molecule has 0 radical (unpaired) electrons. The van der Waals surface area contributed by atoms with E-state index in [1.807, 2.05) is 29.0 Å². The summed E-state index contributed by atoms with van der Waals surface area (Å²) in [5.41, 5.74) is 10.3. The van der Waals surface area contributed by atoms with Gasteiger partial charge in [-0.2, -0.15) is 0 Å². The fraction of sp³-hybridized carbons (Fsp3) is 0.267. The van der Waals surface area contributed by atoms with Crippen molar-refractivity contribution >= 4 is 56.1 Å². The summed E-state index contributed by atoms with van der Waals surface area (Å²) in [6, 6.07) is 17.2. The first-order chi connectivity index (χ1) is 17.0. The summed E-state index contributed by atoms with van der Waals surface area (Å²) in [6.07, 6.45) is 7.56. The lowest BCUT2D eigenvalue weighted by Gasteiger charge is -2.18. The van der Waals surface area contributed by atoms with Crippen LogP contribution in [0.25, 0.3) is 27.4 Å². The van der Waals surface area contributed by atoms with E-state index < -0.39 is 5.97 Å². The molecule has 5 rings (SSSR count). The Balaban J connectivity index is 1.68. The number of allylic oxidation sites excluding steroid dienone is 1. The highest BCUT2D eigenvalue weighted by Gasteiger charge is 2.32. The number of fused-ring (bicyclic) bond motifs is 1. The van der Waals surface area contributed by atoms with Gasteiger partial charge in [0.05, 0.1) is 15.7 Å². The molecule has 1 aliphatic rings. The molecule has 1 fully saturated rings. The van der Waals surface area contributed by atoms with Crippen molar-refractivity contribution in [1.29, 1.82) is 0 Å². The number of aryl methyl sites for hydroxylation is 1. The van der Waals surface area contributed by atoms with Crippen LogP contribution in [0.5, 0.6) is 0 Å². The Labute approximate surface area is 214 Å². The molecule has 0 spiro atoms. The molecule has 1 N–H and O–H groups in total. The number of hydrogen-bond acceptors (Lipinski definition) is 4. The van der Waals surface area contributed by atoms with Crippen LogP contribution < -0.4 is 0 Å². The third-order valence-electron chi connectivity index (χ3n) is 6.48. The SMILES string of the molecule is CC(C)CCc1sccc1C(=C(c1ccc(C=CC(=O)O)cc1)c1ccc2scnc2c1)C1CC1. The average Bonchev–Trinajstić information content (AvgIpc) is 3.38. The molecule has 2 heterocycles. The minimum Gasteiger partial charge on any atom is -0.478 e. The van der Waals surface area contributed by atoms with E-state index in [1.54, 1.807) is 17.4 Å². The normalized spacial score (nSPS) is 14.7. The van der Waals surface area contributed by atoms with E-state index in [2.05, 4.69) is 60.6 Å². The van der Waals surface area contributed by atoms with E-state index in [4.69, 9.17) is 5.11 Å². The standard InChI is InChI=1S/C30H29NO2S2/c1-19(2)3-12-26-24(15-16-34-26)30(22-9-10-22)29(23-11-13-27-25(17-23)31-18-35-27)21-7-4-20(5-8-21)6-14-28(32)33/h4-8,11,13-19,22H,3,9-10,12H2,1-2H3,(H,32,33). The van der Waals surface area contributed by atoms with Crippen molar-refractivity contribution in [1.82, 2.24) is 4.98 Å². The van der Waals surface area contributed by atoms with Gasteiger partial charge in [0, 0.05) is 11.0 Å². The van der Waals surface area contributed by atoms with E-state index in [0.717, 1.165) is 23.1 Å². The van der Waals surface area contributed by atoms with E-state index >= 15 is 0 Å². The van der Waals surface area contributed by atoms with Gasteiger partial charge in [-0.1, -0.05) is 44.2 Å². The number of aromatic nitrogens is 1. The molecule has 0 aliphatic heterocycles. The molecule has 0 bridgehead atoms. The molecule has 35 heavy (non-hydrogen) atoms. The quantitative estimate of drug-likeness (QED) is 0.235. The van der Waals surface area contributed by atoms with Gasteiger partial charge in [0.2, 0.25) is 0 Å². The zero-order valence-corrected chi connectivity index (χ0v) is 21.7. The highest BCUT2D eigenvalue weighted by molar-refractivity contribution is 7.16. The summed E-state index contributed by atoms with van der Waals surface area (Å²) in [4.78, 5) is 17.0. The molecule has 5 heteroatoms. The van der Waals surface area contributed by atoms with Crippen molar-refractivity contribution in [3.8, 4) is 0 Å². The fourth-order valence-corrected chi connectivity index (χ4v) is 6.11. The van der Waals surface area contributed by atoms with Gasteiger partial charge in [-0.25, -0.2) is 9.78 Å². The fourth-order valence-electron chi connectivity index (χ4n) is 4.54. The van der Waals surface area contributed by atoms with Crippen molar-refractivity contribution in [3.63, 3.8) is 0 Å². The van der Waals surface area contributed by atoms with E-state index in [1.165, 1.54) is 57.2 Å². The summed E-state index contributed by atoms with van der Waals surface area (Å²) in [5.74, 6) is 0.306. The highest BCUT2D eigenvalue weighted by atomic mass is 32.1. The van der Waals surface area contributed by atoms with Crippen molar-refractivity contribution < 1.29 is 9.90 Å². The van der Waals surface area contributed by atoms with Crippen molar-refractivity contribution in [2.45, 2.75) is 39.5 Å². The molecule has 4 aromatic rings. The minimum atomic E-state index is -0.936. The number of rotatable bonds is 9.